The summed E-state index contributed by atoms with van der Waals surface area (Å²) in [5.41, 5.74) is 4.40. The van der Waals surface area contributed by atoms with Gasteiger partial charge in [0.2, 0.25) is 0 Å². The molecule has 2 aromatic rings. The maximum atomic E-state index is 12.5. The average Bonchev–Trinajstić information content (AvgIpc) is 2.70. The molecule has 2 aromatic carbocycles. The lowest BCUT2D eigenvalue weighted by atomic mass is 9.49. The molecule has 0 aromatic heterocycles. The van der Waals surface area contributed by atoms with Gasteiger partial charge in [-0.25, -0.2) is 0 Å². The normalized spacial score (nSPS) is 33.4. The van der Waals surface area contributed by atoms with E-state index in [4.69, 9.17) is 4.74 Å². The molecular formula is C25H29NO2. The smallest absolute Gasteiger partial charge is 0.134 e. The fourth-order valence-corrected chi connectivity index (χ4v) is 6.48. The summed E-state index contributed by atoms with van der Waals surface area (Å²) < 4.78 is 5.54. The highest BCUT2D eigenvalue weighted by atomic mass is 16.5. The minimum Gasteiger partial charge on any atom is -0.497 e. The summed E-state index contributed by atoms with van der Waals surface area (Å²) in [6, 6.07) is 18.2. The van der Waals surface area contributed by atoms with Crippen molar-refractivity contribution in [3.05, 3.63) is 65.2 Å². The Morgan fingerprint density at radius 2 is 1.96 bits per heavy atom. The average molecular weight is 376 g/mol. The second-order valence-electron chi connectivity index (χ2n) is 9.20. The first-order valence-electron chi connectivity index (χ1n) is 10.5. The Bertz CT molecular complexity index is 908. The number of hydrogen-bond donors (Lipinski definition) is 0. The fraction of sp³-hybridized carbons (Fsp3) is 0.480. The molecule has 4 aliphatic rings. The van der Waals surface area contributed by atoms with Gasteiger partial charge in [-0.15, -0.1) is 0 Å². The molecule has 5 atom stereocenters. The van der Waals surface area contributed by atoms with Gasteiger partial charge in [0.15, 0.2) is 0 Å². The van der Waals surface area contributed by atoms with E-state index in [-0.39, 0.29) is 11.3 Å². The lowest BCUT2D eigenvalue weighted by molar-refractivity contribution is -0.142. The maximum Gasteiger partial charge on any atom is 0.134 e. The van der Waals surface area contributed by atoms with Crippen molar-refractivity contribution in [2.45, 2.75) is 57.2 Å². The number of rotatable bonds is 4. The van der Waals surface area contributed by atoms with E-state index >= 15 is 0 Å². The molecule has 0 spiro atoms. The summed E-state index contributed by atoms with van der Waals surface area (Å²) in [5.74, 6) is 2.00. The lowest BCUT2D eigenvalue weighted by Crippen LogP contribution is -2.69. The second kappa shape index (κ2) is 6.45. The molecule has 146 valence electrons. The van der Waals surface area contributed by atoms with Crippen LogP contribution in [0.5, 0.6) is 5.75 Å². The van der Waals surface area contributed by atoms with E-state index < -0.39 is 0 Å². The van der Waals surface area contributed by atoms with Crippen molar-refractivity contribution in [1.29, 1.82) is 0 Å². The van der Waals surface area contributed by atoms with Crippen LogP contribution in [0.4, 0.5) is 0 Å². The third-order valence-electron chi connectivity index (χ3n) is 7.83. The molecule has 6 rings (SSSR count). The summed E-state index contributed by atoms with van der Waals surface area (Å²) in [4.78, 5) is 15.2. The molecule has 3 nitrogen and oxygen atoms in total. The molecule has 5 unspecified atom stereocenters. The van der Waals surface area contributed by atoms with E-state index in [1.807, 2.05) is 0 Å². The summed E-state index contributed by atoms with van der Waals surface area (Å²) in [6.07, 6.45) is 3.17. The molecule has 3 fully saturated rings. The van der Waals surface area contributed by atoms with Crippen LogP contribution in [0, 0.1) is 11.8 Å². The van der Waals surface area contributed by atoms with Crippen molar-refractivity contribution in [3.8, 4) is 5.75 Å². The van der Waals surface area contributed by atoms with E-state index in [9.17, 15) is 4.79 Å². The van der Waals surface area contributed by atoms with Crippen molar-refractivity contribution in [2.24, 2.45) is 11.8 Å². The molecule has 0 radical (unpaired) electrons. The zero-order chi connectivity index (χ0) is 19.5. The monoisotopic (exact) mass is 375 g/mol. The number of carbonyl (C=O) groups is 1. The van der Waals surface area contributed by atoms with Gasteiger partial charge < -0.3 is 4.74 Å². The Morgan fingerprint density at radius 3 is 2.68 bits per heavy atom. The van der Waals surface area contributed by atoms with Gasteiger partial charge in [-0.3, -0.25) is 9.69 Å². The van der Waals surface area contributed by atoms with Crippen molar-refractivity contribution in [2.75, 3.05) is 7.11 Å². The number of carbonyl (C=O) groups excluding carboxylic acids is 1. The number of benzene rings is 2. The Hall–Kier alpha value is -2.13. The molecule has 0 amide bonds. The van der Waals surface area contributed by atoms with E-state index in [0.29, 0.717) is 23.8 Å². The summed E-state index contributed by atoms with van der Waals surface area (Å²) >= 11 is 0. The summed E-state index contributed by atoms with van der Waals surface area (Å²) in [6.45, 7) is 5.17. The van der Waals surface area contributed by atoms with Crippen molar-refractivity contribution < 1.29 is 9.53 Å². The molecular weight excluding hydrogens is 346 g/mol. The Morgan fingerprint density at radius 1 is 1.18 bits per heavy atom. The van der Waals surface area contributed by atoms with E-state index in [2.05, 4.69) is 60.4 Å². The van der Waals surface area contributed by atoms with Gasteiger partial charge in [0.25, 0.3) is 0 Å². The number of fused-ring (bicyclic) bond motifs is 2. The minimum atomic E-state index is 0.136. The predicted molar refractivity (Wildman–Crippen MR) is 111 cm³/mol. The number of piperidine rings is 2. The molecule has 28 heavy (non-hydrogen) atoms. The molecule has 2 heterocycles. The van der Waals surface area contributed by atoms with Gasteiger partial charge in [-0.05, 0) is 66.3 Å². The van der Waals surface area contributed by atoms with Crippen LogP contribution >= 0.6 is 0 Å². The van der Waals surface area contributed by atoms with Crippen LogP contribution in [0.3, 0.4) is 0 Å². The third-order valence-corrected chi connectivity index (χ3v) is 7.83. The highest BCUT2D eigenvalue weighted by Gasteiger charge is 2.60. The zero-order valence-electron chi connectivity index (χ0n) is 17.0. The van der Waals surface area contributed by atoms with Crippen LogP contribution in [0.1, 0.15) is 43.4 Å². The largest absolute Gasteiger partial charge is 0.497 e. The highest BCUT2D eigenvalue weighted by molar-refractivity contribution is 5.79. The standard InChI is InChI=1S/C25H29NO2/c1-16(27)20-13-22-23-11-18-9-10-19(28-3)12-21(18)25(22,2)14-24(20)26(23)15-17-7-5-4-6-8-17/h4-10,12,20,22-24H,11,13-15H2,1-3H3. The van der Waals surface area contributed by atoms with Crippen molar-refractivity contribution in [1.82, 2.24) is 4.90 Å². The topological polar surface area (TPSA) is 29.5 Å². The van der Waals surface area contributed by atoms with Gasteiger partial charge in [0, 0.05) is 24.5 Å². The van der Waals surface area contributed by atoms with Gasteiger partial charge in [-0.1, -0.05) is 43.3 Å². The highest BCUT2D eigenvalue weighted by Crippen LogP contribution is 2.58. The fourth-order valence-electron chi connectivity index (χ4n) is 6.48. The molecule has 2 aliphatic carbocycles. The van der Waals surface area contributed by atoms with E-state index in [1.54, 1.807) is 14.0 Å². The number of methoxy groups -OCH3 is 1. The first-order chi connectivity index (χ1) is 13.5. The van der Waals surface area contributed by atoms with Crippen molar-refractivity contribution in [3.63, 3.8) is 0 Å². The van der Waals surface area contributed by atoms with Crippen molar-refractivity contribution >= 4 is 5.78 Å². The lowest BCUT2D eigenvalue weighted by Gasteiger charge is -2.64. The Labute approximate surface area is 167 Å². The Kier molecular flexibility index (Phi) is 4.13. The number of nitrogens with zero attached hydrogens (tertiary/aromatic N) is 1. The molecule has 2 aliphatic heterocycles. The number of hydrogen-bond acceptors (Lipinski definition) is 3. The molecule has 3 heteroatoms. The van der Waals surface area contributed by atoms with Crippen LogP contribution in [-0.2, 0) is 23.2 Å². The van der Waals surface area contributed by atoms with Gasteiger partial charge >= 0.3 is 0 Å². The van der Waals surface area contributed by atoms with E-state index in [1.165, 1.54) is 16.7 Å². The molecule has 4 bridgehead atoms. The molecule has 1 saturated carbocycles. The van der Waals surface area contributed by atoms with Gasteiger partial charge in [-0.2, -0.15) is 0 Å². The molecule has 0 N–H and O–H groups in total. The third kappa shape index (κ3) is 2.56. The minimum absolute atomic E-state index is 0.136. The zero-order valence-corrected chi connectivity index (χ0v) is 17.0. The predicted octanol–water partition coefficient (Wildman–Crippen LogP) is 4.38. The first kappa shape index (κ1) is 17.9. The summed E-state index contributed by atoms with van der Waals surface area (Å²) in [7, 11) is 1.75. The number of Topliss-reactive ketones (excluding diaryl/α,β-unsaturated/α-hetero) is 1. The Balaban J connectivity index is 1.58. The first-order valence-corrected chi connectivity index (χ1v) is 10.5. The van der Waals surface area contributed by atoms with Crippen LogP contribution in [-0.4, -0.2) is 29.9 Å². The van der Waals surface area contributed by atoms with Crippen LogP contribution in [0.15, 0.2) is 48.5 Å². The van der Waals surface area contributed by atoms with Crippen LogP contribution < -0.4 is 4.74 Å². The molecule has 2 saturated heterocycles. The summed E-state index contributed by atoms with van der Waals surface area (Å²) in [5, 5.41) is 0. The van der Waals surface area contributed by atoms with Gasteiger partial charge in [0.1, 0.15) is 11.5 Å². The van der Waals surface area contributed by atoms with E-state index in [0.717, 1.165) is 31.6 Å². The maximum absolute atomic E-state index is 12.5. The number of ketones is 1. The SMILES string of the molecule is COc1ccc2c(c1)C1(C)CC3C(C(C)=O)CC1C(C2)N3Cc1ccccc1. The second-order valence-corrected chi connectivity index (χ2v) is 9.20. The quantitative estimate of drug-likeness (QED) is 0.794. The van der Waals surface area contributed by atoms with Gasteiger partial charge in [0.05, 0.1) is 7.11 Å². The number of ether oxygens (including phenoxy) is 1. The van der Waals surface area contributed by atoms with Crippen LogP contribution in [0.2, 0.25) is 0 Å². The van der Waals surface area contributed by atoms with Crippen LogP contribution in [0.25, 0.3) is 0 Å².